The van der Waals surface area contributed by atoms with E-state index < -0.39 is 0 Å². The van der Waals surface area contributed by atoms with Crippen molar-refractivity contribution in [2.75, 3.05) is 0 Å². The molecule has 27 heavy (non-hydrogen) atoms. The summed E-state index contributed by atoms with van der Waals surface area (Å²) in [5.41, 5.74) is 9.15. The SMILES string of the molecule is CC1=C(C)[CH]([Zr+2][Si](C)C)c2cccc(-c3cccc4ccccc34)c21.[Cl-].[Cl-]. The van der Waals surface area contributed by atoms with Crippen molar-refractivity contribution in [3.63, 3.8) is 0 Å². The van der Waals surface area contributed by atoms with Crippen LogP contribution in [0.3, 0.4) is 0 Å². The van der Waals surface area contributed by atoms with E-state index in [0.717, 1.165) is 3.63 Å². The monoisotopic (exact) mass is 487 g/mol. The van der Waals surface area contributed by atoms with Crippen molar-refractivity contribution in [1.29, 1.82) is 0 Å². The first-order valence-corrected chi connectivity index (χ1v) is 16.5. The third-order valence-electron chi connectivity index (χ3n) is 5.32. The van der Waals surface area contributed by atoms with Crippen LogP contribution in [0, 0.1) is 0 Å². The standard InChI is InChI=1S/C21H17.C2H6Si.2ClH.Zr/c1-14-13-17-9-6-12-20(21(17)15(14)2)19-11-5-8-16-7-3-4-10-18(16)19;1-3-2;;;/h3-13H,1-2H3;1-2H3;2*1H;/q;;;;+2/p-2. The fourth-order valence-electron chi connectivity index (χ4n) is 4.04. The normalized spacial score (nSPS) is 15.2. The molecule has 0 fully saturated rings. The van der Waals surface area contributed by atoms with E-state index in [4.69, 9.17) is 0 Å². The molecule has 3 aromatic rings. The fourth-order valence-corrected chi connectivity index (χ4v) is 13.1. The second-order valence-electron chi connectivity index (χ2n) is 7.18. The molecule has 1 aliphatic carbocycles. The number of fused-ring (bicyclic) bond motifs is 2. The van der Waals surface area contributed by atoms with Gasteiger partial charge in [-0.3, -0.25) is 0 Å². The van der Waals surface area contributed by atoms with Crippen molar-refractivity contribution in [3.8, 4) is 11.1 Å². The molecule has 0 saturated carbocycles. The van der Waals surface area contributed by atoms with Gasteiger partial charge in [-0.25, -0.2) is 0 Å². The summed E-state index contributed by atoms with van der Waals surface area (Å²) in [6, 6.07) is 22.5. The Bertz CT molecular complexity index is 989. The van der Waals surface area contributed by atoms with Gasteiger partial charge in [-0.05, 0) is 0 Å². The Hall–Kier alpha value is -0.660. The Morgan fingerprint density at radius 3 is 2.15 bits per heavy atom. The van der Waals surface area contributed by atoms with Gasteiger partial charge >= 0.3 is 164 Å². The van der Waals surface area contributed by atoms with Gasteiger partial charge in [-0.1, -0.05) is 0 Å². The van der Waals surface area contributed by atoms with Crippen molar-refractivity contribution < 1.29 is 47.2 Å². The molecule has 3 aromatic carbocycles. The van der Waals surface area contributed by atoms with E-state index in [-0.39, 0.29) is 53.1 Å². The Morgan fingerprint density at radius 1 is 0.778 bits per heavy atom. The molecular formula is C23H23Cl2SiZr. The van der Waals surface area contributed by atoms with E-state index in [1.807, 2.05) is 0 Å². The Labute approximate surface area is 187 Å². The number of allylic oxidation sites excluding steroid dienone is 2. The van der Waals surface area contributed by atoms with Crippen LogP contribution < -0.4 is 24.8 Å². The van der Waals surface area contributed by atoms with Gasteiger partial charge in [-0.15, -0.1) is 0 Å². The second kappa shape index (κ2) is 9.23. The molecule has 0 spiro atoms. The minimum atomic E-state index is -0.370. The van der Waals surface area contributed by atoms with Crippen molar-refractivity contribution in [2.45, 2.75) is 30.6 Å². The maximum Gasteiger partial charge on any atom is -1.00 e. The quantitative estimate of drug-likeness (QED) is 0.476. The van der Waals surface area contributed by atoms with E-state index in [1.54, 1.807) is 11.1 Å². The first kappa shape index (κ1) is 22.6. The van der Waals surface area contributed by atoms with Crippen LogP contribution in [-0.2, 0) is 22.4 Å². The van der Waals surface area contributed by atoms with Gasteiger partial charge in [-0.2, -0.15) is 0 Å². The fraction of sp³-hybridized carbons (Fsp3) is 0.217. The van der Waals surface area contributed by atoms with Crippen molar-refractivity contribution >= 4 is 22.3 Å². The summed E-state index contributed by atoms with van der Waals surface area (Å²) in [6.07, 6.45) is 0. The van der Waals surface area contributed by atoms with Crippen LogP contribution >= 0.6 is 0 Å². The van der Waals surface area contributed by atoms with Gasteiger partial charge in [0.05, 0.1) is 0 Å². The summed E-state index contributed by atoms with van der Waals surface area (Å²) >= 11 is -0.370. The summed E-state index contributed by atoms with van der Waals surface area (Å²) in [5, 5.41) is 2.69. The van der Waals surface area contributed by atoms with Crippen LogP contribution in [0.2, 0.25) is 13.1 Å². The minimum absolute atomic E-state index is 0. The van der Waals surface area contributed by atoms with Gasteiger partial charge < -0.3 is 24.8 Å². The smallest absolute Gasteiger partial charge is 1.00 e. The van der Waals surface area contributed by atoms with E-state index in [1.165, 1.54) is 33.0 Å². The van der Waals surface area contributed by atoms with Crippen LogP contribution in [0.1, 0.15) is 28.6 Å². The molecule has 1 radical (unpaired) electrons. The average molecular weight is 490 g/mol. The molecule has 0 nitrogen and oxygen atoms in total. The van der Waals surface area contributed by atoms with Gasteiger partial charge in [0.25, 0.3) is 0 Å². The van der Waals surface area contributed by atoms with Crippen LogP contribution in [-0.4, -0.2) is 5.92 Å². The zero-order valence-electron chi connectivity index (χ0n) is 16.1. The third kappa shape index (κ3) is 4.06. The van der Waals surface area contributed by atoms with Crippen molar-refractivity contribution in [3.05, 3.63) is 77.4 Å². The Morgan fingerprint density at radius 2 is 1.41 bits per heavy atom. The van der Waals surface area contributed by atoms with Gasteiger partial charge in [0.1, 0.15) is 0 Å². The number of benzene rings is 3. The number of rotatable bonds is 3. The number of halogens is 2. The summed E-state index contributed by atoms with van der Waals surface area (Å²) in [5.74, 6) is -0.0901. The molecule has 0 amide bonds. The predicted molar refractivity (Wildman–Crippen MR) is 108 cm³/mol. The van der Waals surface area contributed by atoms with Crippen LogP contribution in [0.25, 0.3) is 27.5 Å². The molecule has 137 valence electrons. The van der Waals surface area contributed by atoms with Gasteiger partial charge in [0.15, 0.2) is 0 Å². The third-order valence-corrected chi connectivity index (χ3v) is 14.4. The maximum atomic E-state index is 2.51. The Balaban J connectivity index is 0.00000131. The molecule has 0 bridgehead atoms. The van der Waals surface area contributed by atoms with Crippen LogP contribution in [0.15, 0.2) is 66.2 Å². The topological polar surface area (TPSA) is 0 Å². The van der Waals surface area contributed by atoms with Gasteiger partial charge in [0.2, 0.25) is 0 Å². The van der Waals surface area contributed by atoms with Crippen LogP contribution in [0.5, 0.6) is 0 Å². The van der Waals surface area contributed by atoms with E-state index >= 15 is 0 Å². The molecule has 1 unspecified atom stereocenters. The number of hydrogen-bond donors (Lipinski definition) is 0. The zero-order valence-corrected chi connectivity index (χ0v) is 21.1. The predicted octanol–water partition coefficient (Wildman–Crippen LogP) is 0.697. The largest absolute Gasteiger partial charge is 1.00 e. The molecular weight excluding hydrogens is 466 g/mol. The summed E-state index contributed by atoms with van der Waals surface area (Å²) in [6.45, 7) is 9.75. The molecule has 0 aliphatic heterocycles. The van der Waals surface area contributed by atoms with E-state index in [2.05, 4.69) is 87.6 Å². The molecule has 1 aliphatic rings. The summed E-state index contributed by atoms with van der Waals surface area (Å²) < 4.78 is 0.789. The van der Waals surface area contributed by atoms with Crippen LogP contribution in [0.4, 0.5) is 0 Å². The van der Waals surface area contributed by atoms with Crippen molar-refractivity contribution in [1.82, 2.24) is 0 Å². The average Bonchev–Trinajstić information content (AvgIpc) is 2.86. The van der Waals surface area contributed by atoms with E-state index in [9.17, 15) is 0 Å². The zero-order chi connectivity index (χ0) is 17.6. The summed E-state index contributed by atoms with van der Waals surface area (Å²) in [4.78, 5) is 0. The molecule has 0 N–H and O–H groups in total. The molecule has 4 rings (SSSR count). The minimum Gasteiger partial charge on any atom is -1.00 e. The molecule has 0 saturated heterocycles. The second-order valence-corrected chi connectivity index (χ2v) is 20.4. The van der Waals surface area contributed by atoms with Gasteiger partial charge in [0, 0.05) is 0 Å². The molecule has 0 aromatic heterocycles. The first-order chi connectivity index (χ1) is 12.1. The maximum absolute atomic E-state index is 2.51. The first-order valence-electron chi connectivity index (χ1n) is 8.93. The summed E-state index contributed by atoms with van der Waals surface area (Å²) in [7, 11) is 0. The molecule has 4 heteroatoms. The molecule has 0 heterocycles. The Kier molecular flexibility index (Phi) is 7.73. The van der Waals surface area contributed by atoms with Crippen molar-refractivity contribution in [2.24, 2.45) is 0 Å². The molecule has 1 atom stereocenters. The van der Waals surface area contributed by atoms with E-state index in [0.29, 0.717) is 0 Å². The number of hydrogen-bond acceptors (Lipinski definition) is 0.